The molecular formula is C18H19Cl2N3O2. The van der Waals surface area contributed by atoms with E-state index in [1.165, 1.54) is 0 Å². The van der Waals surface area contributed by atoms with E-state index in [9.17, 15) is 4.79 Å². The maximum atomic E-state index is 12.0. The maximum Gasteiger partial charge on any atom is 0.254 e. The molecule has 1 amide bonds. The number of nitrogens with zero attached hydrogens (tertiary/aromatic N) is 1. The molecule has 0 bridgehead atoms. The molecule has 2 aromatic rings. The first-order valence-corrected chi connectivity index (χ1v) is 8.94. The van der Waals surface area contributed by atoms with E-state index < -0.39 is 0 Å². The van der Waals surface area contributed by atoms with Gasteiger partial charge in [-0.2, -0.15) is 0 Å². The Morgan fingerprint density at radius 2 is 2.16 bits per heavy atom. The number of amides is 1. The Labute approximate surface area is 156 Å². The number of halogens is 2. The van der Waals surface area contributed by atoms with Crippen molar-refractivity contribution in [2.45, 2.75) is 25.4 Å². The molecule has 0 aliphatic carbocycles. The molecule has 2 N–H and O–H groups in total. The molecule has 1 fully saturated rings. The Morgan fingerprint density at radius 3 is 2.84 bits per heavy atom. The van der Waals surface area contributed by atoms with Crippen LogP contribution in [-0.2, 0) is 16.0 Å². The van der Waals surface area contributed by atoms with Gasteiger partial charge in [-0.05, 0) is 49.1 Å². The minimum absolute atomic E-state index is 0.136. The molecule has 1 aliphatic heterocycles. The number of pyridine rings is 1. The van der Waals surface area contributed by atoms with Crippen molar-refractivity contribution in [1.82, 2.24) is 4.98 Å². The smallest absolute Gasteiger partial charge is 0.254 e. The SMILES string of the molecule is O=C(Nc1ccc(NCCc2ccc(Cl)cc2Cl)cn1)C1CCCO1. The lowest BCUT2D eigenvalue weighted by atomic mass is 10.1. The van der Waals surface area contributed by atoms with Crippen LogP contribution in [0.1, 0.15) is 18.4 Å². The number of nitrogens with one attached hydrogen (secondary N) is 2. The molecule has 0 radical (unpaired) electrons. The van der Waals surface area contributed by atoms with Crippen molar-refractivity contribution >= 4 is 40.6 Å². The normalized spacial score (nSPS) is 16.6. The highest BCUT2D eigenvalue weighted by Gasteiger charge is 2.23. The van der Waals surface area contributed by atoms with Crippen LogP contribution in [0, 0.1) is 0 Å². The molecule has 0 spiro atoms. The van der Waals surface area contributed by atoms with Crippen molar-refractivity contribution in [1.29, 1.82) is 0 Å². The third-order valence-corrected chi connectivity index (χ3v) is 4.56. The summed E-state index contributed by atoms with van der Waals surface area (Å²) in [6.45, 7) is 1.36. The molecule has 3 rings (SSSR count). The Morgan fingerprint density at radius 1 is 1.28 bits per heavy atom. The van der Waals surface area contributed by atoms with E-state index in [4.69, 9.17) is 27.9 Å². The van der Waals surface area contributed by atoms with Gasteiger partial charge in [-0.1, -0.05) is 29.3 Å². The lowest BCUT2D eigenvalue weighted by molar-refractivity contribution is -0.124. The van der Waals surface area contributed by atoms with E-state index in [-0.39, 0.29) is 12.0 Å². The summed E-state index contributed by atoms with van der Waals surface area (Å²) in [4.78, 5) is 16.2. The summed E-state index contributed by atoms with van der Waals surface area (Å²) >= 11 is 12.1. The highest BCUT2D eigenvalue weighted by molar-refractivity contribution is 6.35. The van der Waals surface area contributed by atoms with Crippen LogP contribution < -0.4 is 10.6 Å². The summed E-state index contributed by atoms with van der Waals surface area (Å²) < 4.78 is 5.35. The first-order valence-electron chi connectivity index (χ1n) is 8.18. The maximum absolute atomic E-state index is 12.0. The number of aromatic nitrogens is 1. The number of carbonyl (C=O) groups is 1. The molecule has 7 heteroatoms. The Balaban J connectivity index is 1.48. The van der Waals surface area contributed by atoms with Crippen LogP contribution in [0.3, 0.4) is 0 Å². The van der Waals surface area contributed by atoms with Gasteiger partial charge in [0.1, 0.15) is 11.9 Å². The number of rotatable bonds is 6. The van der Waals surface area contributed by atoms with Gasteiger partial charge in [-0.25, -0.2) is 4.98 Å². The molecule has 0 saturated carbocycles. The number of benzene rings is 1. The third-order valence-electron chi connectivity index (χ3n) is 3.98. The minimum atomic E-state index is -0.358. The second-order valence-electron chi connectivity index (χ2n) is 5.84. The monoisotopic (exact) mass is 379 g/mol. The van der Waals surface area contributed by atoms with Gasteiger partial charge in [0.2, 0.25) is 0 Å². The molecular weight excluding hydrogens is 361 g/mol. The van der Waals surface area contributed by atoms with Crippen LogP contribution >= 0.6 is 23.2 Å². The van der Waals surface area contributed by atoms with Gasteiger partial charge in [0.05, 0.1) is 11.9 Å². The van der Waals surface area contributed by atoms with Gasteiger partial charge in [-0.15, -0.1) is 0 Å². The summed E-state index contributed by atoms with van der Waals surface area (Å²) in [5.41, 5.74) is 1.91. The fourth-order valence-electron chi connectivity index (χ4n) is 2.63. The van der Waals surface area contributed by atoms with E-state index in [0.717, 1.165) is 30.5 Å². The molecule has 2 heterocycles. The predicted molar refractivity (Wildman–Crippen MR) is 100 cm³/mol. The summed E-state index contributed by atoms with van der Waals surface area (Å²) in [6.07, 6.45) is 3.79. The van der Waals surface area contributed by atoms with Gasteiger partial charge in [0, 0.05) is 23.2 Å². The average molecular weight is 380 g/mol. The van der Waals surface area contributed by atoms with Crippen LogP contribution in [0.4, 0.5) is 11.5 Å². The fourth-order valence-corrected chi connectivity index (χ4v) is 3.13. The van der Waals surface area contributed by atoms with E-state index in [1.807, 2.05) is 18.2 Å². The van der Waals surface area contributed by atoms with Crippen LogP contribution in [-0.4, -0.2) is 30.1 Å². The molecule has 1 aromatic heterocycles. The highest BCUT2D eigenvalue weighted by atomic mass is 35.5. The molecule has 1 aliphatic rings. The fraction of sp³-hybridized carbons (Fsp3) is 0.333. The van der Waals surface area contributed by atoms with Gasteiger partial charge >= 0.3 is 0 Å². The van der Waals surface area contributed by atoms with Gasteiger partial charge in [0.25, 0.3) is 5.91 Å². The van der Waals surface area contributed by atoms with Crippen molar-refractivity contribution in [3.05, 3.63) is 52.1 Å². The van der Waals surface area contributed by atoms with Crippen LogP contribution in [0.25, 0.3) is 0 Å². The second kappa shape index (κ2) is 8.52. The summed E-state index contributed by atoms with van der Waals surface area (Å²) in [7, 11) is 0. The zero-order valence-electron chi connectivity index (χ0n) is 13.6. The second-order valence-corrected chi connectivity index (χ2v) is 6.68. The van der Waals surface area contributed by atoms with E-state index >= 15 is 0 Å². The standard InChI is InChI=1S/C18H19Cl2N3O2/c19-13-4-3-12(15(20)10-13)7-8-21-14-5-6-17(22-11-14)23-18(24)16-2-1-9-25-16/h3-6,10-11,16,21H,1-2,7-9H2,(H,22,23,24). The number of carbonyl (C=O) groups excluding carboxylic acids is 1. The third kappa shape index (κ3) is 5.08. The number of hydrogen-bond acceptors (Lipinski definition) is 4. The highest BCUT2D eigenvalue weighted by Crippen LogP contribution is 2.21. The van der Waals surface area contributed by atoms with E-state index in [2.05, 4.69) is 15.6 Å². The van der Waals surface area contributed by atoms with Crippen molar-refractivity contribution < 1.29 is 9.53 Å². The van der Waals surface area contributed by atoms with Crippen LogP contribution in [0.15, 0.2) is 36.5 Å². The van der Waals surface area contributed by atoms with Gasteiger partial charge in [0.15, 0.2) is 0 Å². The molecule has 1 unspecified atom stereocenters. The summed E-state index contributed by atoms with van der Waals surface area (Å²) in [5.74, 6) is 0.384. The molecule has 5 nitrogen and oxygen atoms in total. The van der Waals surface area contributed by atoms with Crippen LogP contribution in [0.2, 0.25) is 10.0 Å². The summed E-state index contributed by atoms with van der Waals surface area (Å²) in [5, 5.41) is 7.35. The van der Waals surface area contributed by atoms with E-state index in [1.54, 1.807) is 18.3 Å². The van der Waals surface area contributed by atoms with Crippen molar-refractivity contribution in [2.24, 2.45) is 0 Å². The molecule has 1 aromatic carbocycles. The van der Waals surface area contributed by atoms with Crippen molar-refractivity contribution in [3.63, 3.8) is 0 Å². The van der Waals surface area contributed by atoms with Gasteiger partial charge in [-0.3, -0.25) is 4.79 Å². The molecule has 25 heavy (non-hydrogen) atoms. The lowest BCUT2D eigenvalue weighted by Crippen LogP contribution is -2.27. The number of ether oxygens (including phenoxy) is 1. The van der Waals surface area contributed by atoms with Crippen LogP contribution in [0.5, 0.6) is 0 Å². The van der Waals surface area contributed by atoms with Gasteiger partial charge < -0.3 is 15.4 Å². The Hall–Kier alpha value is -1.82. The largest absolute Gasteiger partial charge is 0.383 e. The van der Waals surface area contributed by atoms with Crippen molar-refractivity contribution in [2.75, 3.05) is 23.8 Å². The minimum Gasteiger partial charge on any atom is -0.383 e. The Kier molecular flexibility index (Phi) is 6.13. The first-order chi connectivity index (χ1) is 12.1. The first kappa shape index (κ1) is 18.0. The van der Waals surface area contributed by atoms with E-state index in [0.29, 0.717) is 29.0 Å². The number of hydrogen-bond donors (Lipinski definition) is 2. The predicted octanol–water partition coefficient (Wildman–Crippen LogP) is 4.16. The molecule has 1 saturated heterocycles. The number of anilines is 2. The Bertz CT molecular complexity index is 732. The van der Waals surface area contributed by atoms with Crippen molar-refractivity contribution in [3.8, 4) is 0 Å². The molecule has 132 valence electrons. The lowest BCUT2D eigenvalue weighted by Gasteiger charge is -2.11. The zero-order chi connectivity index (χ0) is 17.6. The topological polar surface area (TPSA) is 63.2 Å². The average Bonchev–Trinajstić information content (AvgIpc) is 3.13. The zero-order valence-corrected chi connectivity index (χ0v) is 15.1. The molecule has 1 atom stereocenters. The summed E-state index contributed by atoms with van der Waals surface area (Å²) in [6, 6.07) is 9.14. The quantitative estimate of drug-likeness (QED) is 0.790.